The van der Waals surface area contributed by atoms with Gasteiger partial charge in [0, 0.05) is 6.54 Å². The molecule has 76 valence electrons. The molecule has 1 aromatic rings. The Morgan fingerprint density at radius 2 is 2.00 bits per heavy atom. The fourth-order valence-electron chi connectivity index (χ4n) is 1.06. The largest absolute Gasteiger partial charge is 2.00 e. The molecule has 0 aromatic heterocycles. The van der Waals surface area contributed by atoms with Crippen molar-refractivity contribution < 1.29 is 18.2 Å². The van der Waals surface area contributed by atoms with Gasteiger partial charge in [-0.05, 0) is 24.7 Å². The van der Waals surface area contributed by atoms with Crippen LogP contribution < -0.4 is 5.32 Å². The molecule has 0 amide bonds. The van der Waals surface area contributed by atoms with E-state index in [1.807, 2.05) is 0 Å². The first kappa shape index (κ1) is 14.0. The van der Waals surface area contributed by atoms with Crippen LogP contribution in [-0.4, -0.2) is 66.7 Å². The Bertz CT molecular complexity index is 302. The van der Waals surface area contributed by atoms with E-state index in [0.717, 1.165) is 0 Å². The number of aromatic hydroxyl groups is 2. The van der Waals surface area contributed by atoms with Crippen molar-refractivity contribution in [2.75, 3.05) is 13.6 Å². The Balaban J connectivity index is -0.000000563. The molecule has 0 radical (unpaired) electrons. The Hall–Kier alpha value is -0.000260. The van der Waals surface area contributed by atoms with Crippen LogP contribution in [0.2, 0.25) is 0 Å². The van der Waals surface area contributed by atoms with Crippen molar-refractivity contribution in [3.8, 4) is 11.5 Å². The molecule has 0 aliphatic carbocycles. The minimum atomic E-state index is -0.670. The van der Waals surface area contributed by atoms with Gasteiger partial charge in [0.1, 0.15) is 0 Å². The first-order valence-electron chi connectivity index (χ1n) is 3.99. The molecule has 5 heteroatoms. The van der Waals surface area contributed by atoms with Crippen molar-refractivity contribution in [2.24, 2.45) is 0 Å². The summed E-state index contributed by atoms with van der Waals surface area (Å²) in [5.74, 6) is -0.395. The zero-order valence-corrected chi connectivity index (χ0v) is 10.3. The fourth-order valence-corrected chi connectivity index (χ4v) is 1.06. The van der Waals surface area contributed by atoms with E-state index < -0.39 is 6.10 Å². The third kappa shape index (κ3) is 3.63. The Kier molecular flexibility index (Phi) is 6.48. The van der Waals surface area contributed by atoms with Crippen LogP contribution in [0.4, 0.5) is 0 Å². The van der Waals surface area contributed by atoms with Gasteiger partial charge < -0.3 is 23.5 Å². The maximum atomic E-state index is 9.48. The van der Waals surface area contributed by atoms with Crippen LogP contribution in [0.3, 0.4) is 0 Å². The molecule has 1 atom stereocenters. The van der Waals surface area contributed by atoms with Crippen LogP contribution in [0.5, 0.6) is 11.5 Å². The minimum absolute atomic E-state index is 0. The van der Waals surface area contributed by atoms with Crippen molar-refractivity contribution in [1.29, 1.82) is 0 Å². The van der Waals surface area contributed by atoms with E-state index >= 15 is 0 Å². The number of benzene rings is 1. The maximum absolute atomic E-state index is 9.48. The summed E-state index contributed by atoms with van der Waals surface area (Å²) < 4.78 is 0. The zero-order chi connectivity index (χ0) is 9.84. The smallest absolute Gasteiger partial charge is 1.00 e. The van der Waals surface area contributed by atoms with Gasteiger partial charge in [-0.15, -0.1) is 0 Å². The second-order valence-electron chi connectivity index (χ2n) is 2.82. The van der Waals surface area contributed by atoms with E-state index in [-0.39, 0.29) is 52.1 Å². The third-order valence-electron chi connectivity index (χ3n) is 1.78. The van der Waals surface area contributed by atoms with Crippen molar-refractivity contribution in [3.63, 3.8) is 0 Å². The minimum Gasteiger partial charge on any atom is -1.00 e. The van der Waals surface area contributed by atoms with E-state index in [0.29, 0.717) is 12.1 Å². The number of phenolic OH excluding ortho intramolecular Hbond substituents is 2. The van der Waals surface area contributed by atoms with Crippen LogP contribution >= 0.6 is 0 Å². The summed E-state index contributed by atoms with van der Waals surface area (Å²) in [6.07, 6.45) is -0.670. The molecule has 0 saturated carbocycles. The molecule has 0 saturated heterocycles. The maximum Gasteiger partial charge on any atom is 2.00 e. The molecular formula is C9H15CaNO3. The van der Waals surface area contributed by atoms with Gasteiger partial charge in [0.25, 0.3) is 0 Å². The fraction of sp³-hybridized carbons (Fsp3) is 0.333. The molecule has 1 aromatic carbocycles. The number of hydrogen-bond acceptors (Lipinski definition) is 4. The second kappa shape index (κ2) is 6.48. The summed E-state index contributed by atoms with van der Waals surface area (Å²) in [5, 5.41) is 30.4. The van der Waals surface area contributed by atoms with Gasteiger partial charge in [-0.1, -0.05) is 6.07 Å². The SMILES string of the molecule is CNC[C@H](O)c1ccc(O)c(O)c1.[Ca+2].[H-].[H-]. The third-order valence-corrected chi connectivity index (χ3v) is 1.78. The van der Waals surface area contributed by atoms with Crippen LogP contribution in [0, 0.1) is 0 Å². The van der Waals surface area contributed by atoms with Gasteiger partial charge in [0.15, 0.2) is 11.5 Å². The van der Waals surface area contributed by atoms with Gasteiger partial charge in [-0.2, -0.15) is 0 Å². The molecule has 0 fully saturated rings. The molecule has 0 aliphatic heterocycles. The van der Waals surface area contributed by atoms with E-state index in [4.69, 9.17) is 10.2 Å². The van der Waals surface area contributed by atoms with Gasteiger partial charge in [-0.25, -0.2) is 0 Å². The van der Waals surface area contributed by atoms with E-state index in [1.165, 1.54) is 12.1 Å². The van der Waals surface area contributed by atoms with Gasteiger partial charge in [0.2, 0.25) is 0 Å². The normalized spacial score (nSPS) is 11.9. The van der Waals surface area contributed by atoms with Crippen molar-refractivity contribution in [1.82, 2.24) is 5.32 Å². The number of aliphatic hydroxyl groups excluding tert-OH is 1. The first-order valence-corrected chi connectivity index (χ1v) is 3.99. The monoisotopic (exact) mass is 225 g/mol. The summed E-state index contributed by atoms with van der Waals surface area (Å²) in [7, 11) is 1.73. The number of rotatable bonds is 3. The topological polar surface area (TPSA) is 72.7 Å². The summed E-state index contributed by atoms with van der Waals surface area (Å²) in [6, 6.07) is 4.26. The molecule has 0 heterocycles. The molecule has 0 bridgehead atoms. The van der Waals surface area contributed by atoms with Crippen molar-refractivity contribution >= 4 is 37.7 Å². The standard InChI is InChI=1S/C9H13NO3.Ca.2H/c1-10-5-9(13)6-2-3-7(11)8(12)4-6;;;/h2-4,9-13H,5H2,1H3;;;/q;+2;2*-1/t9-;;;/m0.../s1. The molecule has 4 nitrogen and oxygen atoms in total. The number of likely N-dealkylation sites (N-methyl/N-ethyl adjacent to an activating group) is 1. The van der Waals surface area contributed by atoms with Crippen LogP contribution in [0.1, 0.15) is 14.5 Å². The Morgan fingerprint density at radius 1 is 1.36 bits per heavy atom. The Labute approximate surface area is 116 Å². The summed E-state index contributed by atoms with van der Waals surface area (Å²) >= 11 is 0. The quantitative estimate of drug-likeness (QED) is 0.438. The molecular weight excluding hydrogens is 210 g/mol. The summed E-state index contributed by atoms with van der Waals surface area (Å²) in [4.78, 5) is 0. The predicted molar refractivity (Wildman–Crippen MR) is 56.6 cm³/mol. The van der Waals surface area contributed by atoms with Gasteiger partial charge >= 0.3 is 37.7 Å². The first-order chi connectivity index (χ1) is 6.15. The molecule has 1 rings (SSSR count). The van der Waals surface area contributed by atoms with Gasteiger partial charge in [-0.3, -0.25) is 0 Å². The molecule has 4 N–H and O–H groups in total. The van der Waals surface area contributed by atoms with Crippen molar-refractivity contribution in [2.45, 2.75) is 6.10 Å². The van der Waals surface area contributed by atoms with Crippen molar-refractivity contribution in [3.05, 3.63) is 23.8 Å². The van der Waals surface area contributed by atoms with Crippen LogP contribution in [-0.2, 0) is 0 Å². The number of nitrogens with one attached hydrogen (secondary N) is 1. The van der Waals surface area contributed by atoms with Gasteiger partial charge in [0.05, 0.1) is 6.10 Å². The number of phenols is 2. The second-order valence-corrected chi connectivity index (χ2v) is 2.82. The van der Waals surface area contributed by atoms with Crippen LogP contribution in [0.25, 0.3) is 0 Å². The average Bonchev–Trinajstić information content (AvgIpc) is 2.10. The summed E-state index contributed by atoms with van der Waals surface area (Å²) in [6.45, 7) is 0.407. The molecule has 0 unspecified atom stereocenters. The predicted octanol–water partition coefficient (Wildman–Crippen LogP) is 0.195. The van der Waals surface area contributed by atoms with E-state index in [1.54, 1.807) is 13.1 Å². The zero-order valence-electron chi connectivity index (χ0n) is 10.1. The molecule has 14 heavy (non-hydrogen) atoms. The van der Waals surface area contributed by atoms with Crippen LogP contribution in [0.15, 0.2) is 18.2 Å². The Morgan fingerprint density at radius 3 is 2.50 bits per heavy atom. The average molecular weight is 225 g/mol. The summed E-state index contributed by atoms with van der Waals surface area (Å²) in [5.41, 5.74) is 0.574. The number of aliphatic hydroxyl groups is 1. The molecule has 0 spiro atoms. The molecule has 0 aliphatic rings. The number of hydrogen-bond donors (Lipinski definition) is 4. The van der Waals surface area contributed by atoms with E-state index in [9.17, 15) is 5.11 Å². The van der Waals surface area contributed by atoms with E-state index in [2.05, 4.69) is 5.32 Å².